The second-order valence-electron chi connectivity index (χ2n) is 10.4. The molecule has 0 aliphatic heterocycles. The Hall–Kier alpha value is -0.790. The lowest BCUT2D eigenvalue weighted by atomic mass is 9.91. The molecular weight excluding hydrogens is 420 g/mol. The molecule has 2 unspecified atom stereocenters. The number of carbonyl (C=O) groups is 1. The number of ether oxygens (including phenoxy) is 1. The smallest absolute Gasteiger partial charge is 0.189 e. The Bertz CT molecular complexity index is 519. The maximum atomic E-state index is 11.7. The third-order valence-corrected chi connectivity index (χ3v) is 6.37. The van der Waals surface area contributed by atoms with Gasteiger partial charge in [-0.15, -0.1) is 0 Å². The van der Waals surface area contributed by atoms with Gasteiger partial charge in [-0.2, -0.15) is 0 Å². The molecule has 6 nitrogen and oxygen atoms in total. The largest absolute Gasteiger partial charge is 0.394 e. The molecule has 0 saturated carbocycles. The minimum atomic E-state index is -1.76. The van der Waals surface area contributed by atoms with Gasteiger partial charge in [0, 0.05) is 0 Å². The third-order valence-electron chi connectivity index (χ3n) is 6.37. The van der Waals surface area contributed by atoms with Crippen molar-refractivity contribution in [1.82, 2.24) is 0 Å². The summed E-state index contributed by atoms with van der Waals surface area (Å²) >= 11 is 0. The van der Waals surface area contributed by atoms with Crippen molar-refractivity contribution in [2.24, 2.45) is 17.8 Å². The number of carbonyl (C=O) groups excluding carboxylic acids is 1. The number of ketones is 1. The zero-order valence-corrected chi connectivity index (χ0v) is 21.8. The molecule has 0 rings (SSSR count). The highest BCUT2D eigenvalue weighted by Gasteiger charge is 2.29. The van der Waals surface area contributed by atoms with Gasteiger partial charge in [0.25, 0.3) is 0 Å². The molecule has 196 valence electrons. The fourth-order valence-electron chi connectivity index (χ4n) is 3.97. The van der Waals surface area contributed by atoms with Crippen LogP contribution in [0.4, 0.5) is 0 Å². The fourth-order valence-corrected chi connectivity index (χ4v) is 3.97. The number of aliphatic hydroxyl groups is 4. The number of hydrogen-bond donors (Lipinski definition) is 4. The molecule has 0 radical (unpaired) electrons. The highest BCUT2D eigenvalue weighted by molar-refractivity contribution is 5.84. The van der Waals surface area contributed by atoms with Crippen LogP contribution in [-0.2, 0) is 9.53 Å². The lowest BCUT2D eigenvalue weighted by molar-refractivity contribution is -0.144. The first-order chi connectivity index (χ1) is 15.6. The Morgan fingerprint density at radius 3 is 1.97 bits per heavy atom. The molecule has 0 amide bonds. The van der Waals surface area contributed by atoms with Crippen molar-refractivity contribution in [2.75, 3.05) is 19.8 Å². The van der Waals surface area contributed by atoms with Crippen molar-refractivity contribution in [1.29, 1.82) is 0 Å². The Kier molecular flexibility index (Phi) is 19.0. The fraction of sp³-hybridized carbons (Fsp3) is 0.889. The van der Waals surface area contributed by atoms with Crippen molar-refractivity contribution >= 4 is 5.78 Å². The first kappa shape index (κ1) is 32.2. The van der Waals surface area contributed by atoms with Crippen LogP contribution >= 0.6 is 0 Å². The highest BCUT2D eigenvalue weighted by Crippen LogP contribution is 2.22. The van der Waals surface area contributed by atoms with Crippen molar-refractivity contribution in [3.8, 4) is 0 Å². The van der Waals surface area contributed by atoms with Crippen LogP contribution in [-0.4, -0.2) is 64.3 Å². The first-order valence-corrected chi connectivity index (χ1v) is 13.0. The lowest BCUT2D eigenvalue weighted by Gasteiger charge is -2.20. The Morgan fingerprint density at radius 2 is 1.42 bits per heavy atom. The van der Waals surface area contributed by atoms with Gasteiger partial charge in [-0.05, 0) is 43.9 Å². The summed E-state index contributed by atoms with van der Waals surface area (Å²) in [5.74, 6) is 1.72. The zero-order valence-electron chi connectivity index (χ0n) is 21.8. The van der Waals surface area contributed by atoms with Crippen LogP contribution < -0.4 is 0 Å². The quantitative estimate of drug-likeness (QED) is 0.145. The monoisotopic (exact) mass is 472 g/mol. The topological polar surface area (TPSA) is 107 Å². The molecule has 0 aliphatic rings. The van der Waals surface area contributed by atoms with Crippen molar-refractivity contribution in [3.05, 3.63) is 11.6 Å². The average Bonchev–Trinajstić information content (AvgIpc) is 2.76. The molecule has 5 atom stereocenters. The van der Waals surface area contributed by atoms with Crippen molar-refractivity contribution < 1.29 is 30.0 Å². The number of hydrogen-bond acceptors (Lipinski definition) is 6. The molecule has 0 heterocycles. The van der Waals surface area contributed by atoms with Crippen LogP contribution in [0.5, 0.6) is 0 Å². The van der Waals surface area contributed by atoms with Gasteiger partial charge < -0.3 is 25.2 Å². The van der Waals surface area contributed by atoms with Crippen LogP contribution in [0.3, 0.4) is 0 Å². The predicted molar refractivity (Wildman–Crippen MR) is 134 cm³/mol. The van der Waals surface area contributed by atoms with E-state index in [9.17, 15) is 20.1 Å². The molecule has 0 aromatic rings. The summed E-state index contributed by atoms with van der Waals surface area (Å²) in [7, 11) is 0. The Balaban J connectivity index is 3.83. The zero-order chi connectivity index (χ0) is 25.2. The first-order valence-electron chi connectivity index (χ1n) is 13.0. The van der Waals surface area contributed by atoms with Gasteiger partial charge in [0.05, 0.1) is 13.2 Å². The van der Waals surface area contributed by atoms with Gasteiger partial charge in [0.2, 0.25) is 0 Å². The summed E-state index contributed by atoms with van der Waals surface area (Å²) in [6, 6.07) is 0. The average molecular weight is 473 g/mol. The highest BCUT2D eigenvalue weighted by atomic mass is 16.5. The molecule has 0 spiro atoms. The maximum Gasteiger partial charge on any atom is 0.189 e. The van der Waals surface area contributed by atoms with E-state index < -0.39 is 30.7 Å². The van der Waals surface area contributed by atoms with Gasteiger partial charge in [0.1, 0.15) is 24.9 Å². The van der Waals surface area contributed by atoms with E-state index in [-0.39, 0.29) is 6.61 Å². The predicted octanol–water partition coefficient (Wildman–Crippen LogP) is 4.42. The molecule has 6 heteroatoms. The summed E-state index contributed by atoms with van der Waals surface area (Å²) in [5, 5.41) is 37.2. The van der Waals surface area contributed by atoms with E-state index in [4.69, 9.17) is 9.84 Å². The molecule has 0 aromatic carbocycles. The van der Waals surface area contributed by atoms with Gasteiger partial charge in [-0.25, -0.2) is 0 Å². The normalized spacial score (nSPS) is 17.1. The minimum absolute atomic E-state index is 0.336. The molecule has 0 bridgehead atoms. The number of Topliss-reactive ketones (excluding diaryl/α,β-unsaturated/α-hetero) is 1. The van der Waals surface area contributed by atoms with E-state index in [1.807, 2.05) is 0 Å². The molecule has 33 heavy (non-hydrogen) atoms. The number of rotatable bonds is 21. The second kappa shape index (κ2) is 19.5. The Labute approximate surface area is 202 Å². The molecule has 0 fully saturated rings. The molecule has 4 N–H and O–H groups in total. The van der Waals surface area contributed by atoms with E-state index in [2.05, 4.69) is 40.7 Å². The van der Waals surface area contributed by atoms with Crippen LogP contribution in [0.1, 0.15) is 98.8 Å². The van der Waals surface area contributed by atoms with Crippen LogP contribution in [0, 0.1) is 17.8 Å². The Morgan fingerprint density at radius 1 is 0.879 bits per heavy atom. The van der Waals surface area contributed by atoms with Gasteiger partial charge in [-0.3, -0.25) is 4.79 Å². The molecular formula is C27H52O6. The summed E-state index contributed by atoms with van der Waals surface area (Å²) in [4.78, 5) is 11.7. The maximum absolute atomic E-state index is 11.7. The molecule has 0 aliphatic carbocycles. The van der Waals surface area contributed by atoms with E-state index in [1.54, 1.807) is 0 Å². The van der Waals surface area contributed by atoms with Crippen LogP contribution in [0.2, 0.25) is 0 Å². The summed E-state index contributed by atoms with van der Waals surface area (Å²) in [6.07, 6.45) is 9.34. The van der Waals surface area contributed by atoms with Crippen LogP contribution in [0.15, 0.2) is 11.6 Å². The van der Waals surface area contributed by atoms with Gasteiger partial charge >= 0.3 is 0 Å². The summed E-state index contributed by atoms with van der Waals surface area (Å²) in [6.45, 7) is 10.8. The van der Waals surface area contributed by atoms with Crippen molar-refractivity contribution in [3.63, 3.8) is 0 Å². The molecule has 0 saturated heterocycles. The summed E-state index contributed by atoms with van der Waals surface area (Å²) in [5.41, 5.74) is 1.32. The van der Waals surface area contributed by atoms with E-state index in [0.717, 1.165) is 24.2 Å². The van der Waals surface area contributed by atoms with Gasteiger partial charge in [0.15, 0.2) is 5.78 Å². The third kappa shape index (κ3) is 17.3. The standard InChI is InChI=1S/C27H52O6/c1-20(2)10-6-11-21(3)12-7-13-22(4)14-8-15-23(5)16-9-17-33-19-25(30)27(32)26(31)24(29)18-28/h16,20-22,24,26-29,31-32H,6-15,17-19H2,1-5H3/b23-16+/t21?,22?,24-,26+,27+/m1/s1. The van der Waals surface area contributed by atoms with E-state index in [1.165, 1.54) is 56.9 Å². The minimum Gasteiger partial charge on any atom is -0.394 e. The van der Waals surface area contributed by atoms with E-state index in [0.29, 0.717) is 13.0 Å². The van der Waals surface area contributed by atoms with E-state index >= 15 is 0 Å². The van der Waals surface area contributed by atoms with Gasteiger partial charge in [-0.1, -0.05) is 84.3 Å². The lowest BCUT2D eigenvalue weighted by Crippen LogP contribution is -2.45. The number of aliphatic hydroxyl groups excluding tert-OH is 4. The van der Waals surface area contributed by atoms with Crippen LogP contribution in [0.25, 0.3) is 0 Å². The van der Waals surface area contributed by atoms with Crippen molar-refractivity contribution in [2.45, 2.75) is 117 Å². The molecule has 0 aromatic heterocycles. The summed E-state index contributed by atoms with van der Waals surface area (Å²) < 4.78 is 5.26. The second-order valence-corrected chi connectivity index (χ2v) is 10.4. The SMILES string of the molecule is C/C(=C\CCOCC(=O)[C@H](O)[C@@H](O)[C@H](O)CO)CCCC(C)CCCC(C)CCCC(C)C. The number of allylic oxidation sites excluding steroid dienone is 1.